The van der Waals surface area contributed by atoms with Gasteiger partial charge in [0.1, 0.15) is 0 Å². The molecular weight excluding hydrogens is 132 g/mol. The number of rotatable bonds is 1. The third-order valence-corrected chi connectivity index (χ3v) is 1.14. The zero-order valence-electron chi connectivity index (χ0n) is 5.53. The second kappa shape index (κ2) is 2.43. The molecule has 0 aliphatic carbocycles. The van der Waals surface area contributed by atoms with Crippen molar-refractivity contribution in [2.75, 3.05) is 12.8 Å². The quantitative estimate of drug-likeness (QED) is 0.591. The predicted molar refractivity (Wildman–Crippen MR) is 36.9 cm³/mol. The van der Waals surface area contributed by atoms with Gasteiger partial charge in [-0.1, -0.05) is 0 Å². The Kier molecular flexibility index (Phi) is 1.62. The number of pyridine rings is 1. The Hall–Kier alpha value is -1.45. The van der Waals surface area contributed by atoms with Crippen molar-refractivity contribution in [1.29, 1.82) is 0 Å². The van der Waals surface area contributed by atoms with Crippen LogP contribution < -0.4 is 10.5 Å². The van der Waals surface area contributed by atoms with Crippen LogP contribution in [0.3, 0.4) is 0 Å². The molecule has 0 unspecified atom stereocenters. The number of aromatic nitrogens is 1. The van der Waals surface area contributed by atoms with Gasteiger partial charge in [-0.2, -0.15) is 0 Å². The summed E-state index contributed by atoms with van der Waals surface area (Å²) >= 11 is 0. The highest BCUT2D eigenvalue weighted by atomic mass is 16.5. The Morgan fingerprint density at radius 2 is 2.40 bits per heavy atom. The standard InChI is InChI=1S/C6H8N2O2/c1-10-4-2-3-8-6(7)5(4)9/h2-3,9H,1H3,(H2,7,8). The van der Waals surface area contributed by atoms with E-state index in [0.29, 0.717) is 5.75 Å². The van der Waals surface area contributed by atoms with Crippen molar-refractivity contribution in [1.82, 2.24) is 4.98 Å². The maximum atomic E-state index is 9.09. The summed E-state index contributed by atoms with van der Waals surface area (Å²) in [6.07, 6.45) is 1.47. The van der Waals surface area contributed by atoms with Gasteiger partial charge in [0, 0.05) is 12.3 Å². The number of hydrogen-bond acceptors (Lipinski definition) is 4. The van der Waals surface area contributed by atoms with E-state index in [1.165, 1.54) is 19.4 Å². The van der Waals surface area contributed by atoms with E-state index in [9.17, 15) is 0 Å². The van der Waals surface area contributed by atoms with Crippen LogP contribution in [0.4, 0.5) is 5.82 Å². The van der Waals surface area contributed by atoms with E-state index in [4.69, 9.17) is 15.6 Å². The zero-order chi connectivity index (χ0) is 7.56. The molecule has 3 N–H and O–H groups in total. The van der Waals surface area contributed by atoms with Crippen LogP contribution in [-0.4, -0.2) is 17.2 Å². The van der Waals surface area contributed by atoms with E-state index >= 15 is 0 Å². The minimum atomic E-state index is -0.106. The van der Waals surface area contributed by atoms with Crippen molar-refractivity contribution in [3.8, 4) is 11.5 Å². The Morgan fingerprint density at radius 1 is 1.70 bits per heavy atom. The van der Waals surface area contributed by atoms with E-state index in [2.05, 4.69) is 4.98 Å². The Bertz CT molecular complexity index is 237. The van der Waals surface area contributed by atoms with Crippen molar-refractivity contribution in [2.45, 2.75) is 0 Å². The third-order valence-electron chi connectivity index (χ3n) is 1.14. The first-order valence-corrected chi connectivity index (χ1v) is 2.73. The molecule has 1 aromatic rings. The van der Waals surface area contributed by atoms with Crippen LogP contribution in [0.5, 0.6) is 11.5 Å². The Balaban J connectivity index is 3.14. The second-order valence-corrected chi connectivity index (χ2v) is 1.75. The van der Waals surface area contributed by atoms with E-state index in [0.717, 1.165) is 0 Å². The highest BCUT2D eigenvalue weighted by Crippen LogP contribution is 2.28. The van der Waals surface area contributed by atoms with Gasteiger partial charge in [0.2, 0.25) is 5.75 Å². The molecule has 10 heavy (non-hydrogen) atoms. The number of anilines is 1. The number of nitrogens with zero attached hydrogens (tertiary/aromatic N) is 1. The number of methoxy groups -OCH3 is 1. The number of aromatic hydroxyl groups is 1. The highest BCUT2D eigenvalue weighted by Gasteiger charge is 2.03. The molecule has 1 rings (SSSR count). The average Bonchev–Trinajstić information content (AvgIpc) is 1.95. The summed E-state index contributed by atoms with van der Waals surface area (Å²) in [6, 6.07) is 1.53. The van der Waals surface area contributed by atoms with Crippen LogP contribution in [0.2, 0.25) is 0 Å². The number of nitrogens with two attached hydrogens (primary N) is 1. The first-order chi connectivity index (χ1) is 4.75. The van der Waals surface area contributed by atoms with E-state index in [1.54, 1.807) is 0 Å². The first kappa shape index (κ1) is 6.67. The molecule has 1 aromatic heterocycles. The van der Waals surface area contributed by atoms with Crippen molar-refractivity contribution < 1.29 is 9.84 Å². The van der Waals surface area contributed by atoms with Crippen LogP contribution >= 0.6 is 0 Å². The normalized spacial score (nSPS) is 9.30. The molecule has 1 heterocycles. The Morgan fingerprint density at radius 3 is 2.90 bits per heavy atom. The molecule has 0 fully saturated rings. The molecule has 0 aliphatic heterocycles. The van der Waals surface area contributed by atoms with Gasteiger partial charge in [-0.05, 0) is 0 Å². The van der Waals surface area contributed by atoms with Crippen LogP contribution in [0, 0.1) is 0 Å². The van der Waals surface area contributed by atoms with Crippen molar-refractivity contribution in [2.24, 2.45) is 0 Å². The van der Waals surface area contributed by atoms with E-state index in [-0.39, 0.29) is 11.6 Å². The first-order valence-electron chi connectivity index (χ1n) is 2.73. The van der Waals surface area contributed by atoms with Crippen LogP contribution in [0.25, 0.3) is 0 Å². The van der Waals surface area contributed by atoms with E-state index < -0.39 is 0 Å². The lowest BCUT2D eigenvalue weighted by molar-refractivity contribution is 0.373. The maximum Gasteiger partial charge on any atom is 0.200 e. The summed E-state index contributed by atoms with van der Waals surface area (Å²) in [6.45, 7) is 0. The monoisotopic (exact) mass is 140 g/mol. The highest BCUT2D eigenvalue weighted by molar-refractivity contribution is 5.53. The predicted octanol–water partition coefficient (Wildman–Crippen LogP) is 0.378. The fourth-order valence-corrected chi connectivity index (χ4v) is 0.616. The summed E-state index contributed by atoms with van der Waals surface area (Å²) in [4.78, 5) is 3.64. The third kappa shape index (κ3) is 0.953. The molecule has 54 valence electrons. The molecule has 4 nitrogen and oxygen atoms in total. The summed E-state index contributed by atoms with van der Waals surface area (Å²) in [5.41, 5.74) is 5.26. The van der Waals surface area contributed by atoms with E-state index in [1.807, 2.05) is 0 Å². The molecule has 0 bridgehead atoms. The van der Waals surface area contributed by atoms with Gasteiger partial charge in [0.25, 0.3) is 0 Å². The summed E-state index contributed by atoms with van der Waals surface area (Å²) < 4.78 is 4.76. The molecule has 0 radical (unpaired) electrons. The van der Waals surface area contributed by atoms with Gasteiger partial charge in [0.15, 0.2) is 11.6 Å². The molecule has 0 spiro atoms. The largest absolute Gasteiger partial charge is 0.502 e. The molecule has 0 saturated carbocycles. The smallest absolute Gasteiger partial charge is 0.200 e. The van der Waals surface area contributed by atoms with Crippen LogP contribution in [0.1, 0.15) is 0 Å². The fourth-order valence-electron chi connectivity index (χ4n) is 0.616. The number of ether oxygens (including phenoxy) is 1. The molecular formula is C6H8N2O2. The van der Waals surface area contributed by atoms with Crippen molar-refractivity contribution >= 4 is 5.82 Å². The molecule has 0 amide bonds. The topological polar surface area (TPSA) is 68.4 Å². The molecule has 0 atom stereocenters. The van der Waals surface area contributed by atoms with Gasteiger partial charge in [-0.25, -0.2) is 4.98 Å². The molecule has 4 heteroatoms. The van der Waals surface area contributed by atoms with Gasteiger partial charge in [0.05, 0.1) is 7.11 Å². The minimum Gasteiger partial charge on any atom is -0.502 e. The van der Waals surface area contributed by atoms with Gasteiger partial charge >= 0.3 is 0 Å². The minimum absolute atomic E-state index is 0.0827. The maximum absolute atomic E-state index is 9.09. The van der Waals surface area contributed by atoms with Crippen molar-refractivity contribution in [3.05, 3.63) is 12.3 Å². The summed E-state index contributed by atoms with van der Waals surface area (Å²) in [5, 5.41) is 9.09. The lowest BCUT2D eigenvalue weighted by Crippen LogP contribution is -1.92. The zero-order valence-corrected chi connectivity index (χ0v) is 5.53. The van der Waals surface area contributed by atoms with Crippen LogP contribution in [-0.2, 0) is 0 Å². The van der Waals surface area contributed by atoms with Gasteiger partial charge in [-0.3, -0.25) is 0 Å². The Labute approximate surface area is 58.3 Å². The number of hydrogen-bond donors (Lipinski definition) is 2. The summed E-state index contributed by atoms with van der Waals surface area (Å²) in [5.74, 6) is 0.317. The second-order valence-electron chi connectivity index (χ2n) is 1.75. The van der Waals surface area contributed by atoms with Gasteiger partial charge < -0.3 is 15.6 Å². The summed E-state index contributed by atoms with van der Waals surface area (Å²) in [7, 11) is 1.45. The molecule has 0 saturated heterocycles. The fraction of sp³-hybridized carbons (Fsp3) is 0.167. The van der Waals surface area contributed by atoms with Crippen molar-refractivity contribution in [3.63, 3.8) is 0 Å². The number of nitrogen functional groups attached to an aromatic ring is 1. The lowest BCUT2D eigenvalue weighted by Gasteiger charge is -2.02. The van der Waals surface area contributed by atoms with Crippen LogP contribution in [0.15, 0.2) is 12.3 Å². The molecule has 0 aliphatic rings. The SMILES string of the molecule is COc1ccnc(N)c1O. The lowest BCUT2D eigenvalue weighted by atomic mass is 10.4. The average molecular weight is 140 g/mol. The van der Waals surface area contributed by atoms with Gasteiger partial charge in [-0.15, -0.1) is 0 Å². The molecule has 0 aromatic carbocycles.